The van der Waals surface area contributed by atoms with Gasteiger partial charge in [-0.2, -0.15) is 0 Å². The second kappa shape index (κ2) is 6.78. The number of amides is 1. The van der Waals surface area contributed by atoms with E-state index in [2.05, 4.69) is 48.2 Å². The minimum Gasteiger partial charge on any atom is -0.342 e. The third-order valence-corrected chi connectivity index (χ3v) is 4.68. The van der Waals surface area contributed by atoms with Crippen LogP contribution in [-0.2, 0) is 4.79 Å². The molecule has 1 amide bonds. The molecule has 0 saturated carbocycles. The van der Waals surface area contributed by atoms with Crippen molar-refractivity contribution in [2.45, 2.75) is 31.6 Å². The Kier molecular flexibility index (Phi) is 4.57. The van der Waals surface area contributed by atoms with Gasteiger partial charge in [-0.05, 0) is 24.0 Å². The Balaban J connectivity index is 1.71. The van der Waals surface area contributed by atoms with Crippen LogP contribution in [-0.4, -0.2) is 23.9 Å². The predicted octanol–water partition coefficient (Wildman–Crippen LogP) is 4.20. The van der Waals surface area contributed by atoms with E-state index in [1.807, 2.05) is 24.3 Å². The van der Waals surface area contributed by atoms with Gasteiger partial charge in [0.25, 0.3) is 0 Å². The summed E-state index contributed by atoms with van der Waals surface area (Å²) in [5.41, 5.74) is 2.49. The molecule has 2 nitrogen and oxygen atoms in total. The van der Waals surface area contributed by atoms with Crippen LogP contribution >= 0.6 is 0 Å². The van der Waals surface area contributed by atoms with Gasteiger partial charge in [-0.25, -0.2) is 0 Å². The van der Waals surface area contributed by atoms with E-state index in [0.29, 0.717) is 5.92 Å². The highest BCUT2D eigenvalue weighted by molar-refractivity contribution is 5.84. The highest BCUT2D eigenvalue weighted by atomic mass is 16.2. The normalized spacial score (nSPS) is 19.1. The third-order valence-electron chi connectivity index (χ3n) is 4.68. The number of benzene rings is 2. The Hall–Kier alpha value is -2.09. The topological polar surface area (TPSA) is 20.3 Å². The largest absolute Gasteiger partial charge is 0.342 e. The Morgan fingerprint density at radius 2 is 1.73 bits per heavy atom. The van der Waals surface area contributed by atoms with Crippen LogP contribution in [0.2, 0.25) is 0 Å². The van der Waals surface area contributed by atoms with E-state index in [4.69, 9.17) is 0 Å². The van der Waals surface area contributed by atoms with Crippen LogP contribution in [0.15, 0.2) is 60.7 Å². The third kappa shape index (κ3) is 3.06. The van der Waals surface area contributed by atoms with E-state index in [0.717, 1.165) is 31.5 Å². The Morgan fingerprint density at radius 1 is 1.09 bits per heavy atom. The van der Waals surface area contributed by atoms with Crippen molar-refractivity contribution in [3.8, 4) is 0 Å². The molecular weight excluding hydrogens is 270 g/mol. The number of carbonyl (C=O) groups excluding carboxylic acids is 1. The van der Waals surface area contributed by atoms with E-state index >= 15 is 0 Å². The number of hydrogen-bond donors (Lipinski definition) is 0. The van der Waals surface area contributed by atoms with Gasteiger partial charge in [-0.3, -0.25) is 4.79 Å². The van der Waals surface area contributed by atoms with Gasteiger partial charge in [0.1, 0.15) is 0 Å². The molecule has 1 fully saturated rings. The number of carbonyl (C=O) groups is 1. The van der Waals surface area contributed by atoms with Crippen LogP contribution in [0.4, 0.5) is 0 Å². The zero-order chi connectivity index (χ0) is 15.4. The van der Waals surface area contributed by atoms with E-state index < -0.39 is 0 Å². The lowest BCUT2D eigenvalue weighted by molar-refractivity contribution is -0.131. The molecule has 2 heteroatoms. The number of likely N-dealkylation sites (tertiary alicyclic amines) is 1. The van der Waals surface area contributed by atoms with Crippen molar-refractivity contribution in [1.82, 2.24) is 4.90 Å². The number of nitrogens with zero attached hydrogens (tertiary/aromatic N) is 1. The molecule has 2 aromatic carbocycles. The first-order valence-corrected chi connectivity index (χ1v) is 8.18. The fourth-order valence-electron chi connectivity index (χ4n) is 3.42. The maximum Gasteiger partial charge on any atom is 0.230 e. The molecule has 22 heavy (non-hydrogen) atoms. The van der Waals surface area contributed by atoms with Gasteiger partial charge in [0.05, 0.1) is 5.92 Å². The summed E-state index contributed by atoms with van der Waals surface area (Å²) >= 11 is 0. The molecule has 0 aromatic heterocycles. The minimum atomic E-state index is -0.00396. The quantitative estimate of drug-likeness (QED) is 0.827. The molecule has 1 aliphatic heterocycles. The van der Waals surface area contributed by atoms with Crippen molar-refractivity contribution in [1.29, 1.82) is 0 Å². The summed E-state index contributed by atoms with van der Waals surface area (Å²) in [6.07, 6.45) is 1.93. The van der Waals surface area contributed by atoms with Crippen LogP contribution in [0.1, 0.15) is 42.7 Å². The van der Waals surface area contributed by atoms with Crippen LogP contribution < -0.4 is 0 Å². The first kappa shape index (κ1) is 14.8. The molecule has 1 heterocycles. The zero-order valence-electron chi connectivity index (χ0n) is 13.1. The molecule has 0 radical (unpaired) electrons. The summed E-state index contributed by atoms with van der Waals surface area (Å²) in [6, 6.07) is 20.7. The molecule has 0 N–H and O–H groups in total. The summed E-state index contributed by atoms with van der Waals surface area (Å²) in [4.78, 5) is 14.9. The summed E-state index contributed by atoms with van der Waals surface area (Å²) in [5, 5.41) is 0. The lowest BCUT2D eigenvalue weighted by Crippen LogP contribution is -2.33. The molecule has 2 aromatic rings. The van der Waals surface area contributed by atoms with Gasteiger partial charge < -0.3 is 4.90 Å². The zero-order valence-corrected chi connectivity index (χ0v) is 13.1. The van der Waals surface area contributed by atoms with Gasteiger partial charge in [0.15, 0.2) is 0 Å². The maximum atomic E-state index is 12.9. The van der Waals surface area contributed by atoms with Crippen molar-refractivity contribution < 1.29 is 4.79 Å². The molecule has 0 spiro atoms. The standard InChI is InChI=1S/C20H23NO/c1-2-19(17-11-7-4-8-12-17)20(22)21-14-13-18(15-21)16-9-5-3-6-10-16/h3-12,18-19H,2,13-15H2,1H3. The lowest BCUT2D eigenvalue weighted by atomic mass is 9.95. The van der Waals surface area contributed by atoms with Gasteiger partial charge in [0, 0.05) is 19.0 Å². The van der Waals surface area contributed by atoms with Crippen molar-refractivity contribution in [2.24, 2.45) is 0 Å². The molecule has 2 atom stereocenters. The minimum absolute atomic E-state index is 0.00396. The SMILES string of the molecule is CCC(C(=O)N1CCC(c2ccccc2)C1)c1ccccc1. The summed E-state index contributed by atoms with van der Waals surface area (Å²) < 4.78 is 0. The molecule has 3 rings (SSSR count). The molecule has 0 bridgehead atoms. The Bertz CT molecular complexity index is 608. The van der Waals surface area contributed by atoms with Crippen molar-refractivity contribution in [3.63, 3.8) is 0 Å². The van der Waals surface area contributed by atoms with E-state index in [1.54, 1.807) is 0 Å². The Morgan fingerprint density at radius 3 is 2.36 bits per heavy atom. The molecular formula is C20H23NO. The highest BCUT2D eigenvalue weighted by Gasteiger charge is 2.31. The Labute approximate surface area is 132 Å². The summed E-state index contributed by atoms with van der Waals surface area (Å²) in [6.45, 7) is 3.83. The smallest absolute Gasteiger partial charge is 0.230 e. The predicted molar refractivity (Wildman–Crippen MR) is 89.9 cm³/mol. The van der Waals surface area contributed by atoms with Crippen LogP contribution in [0, 0.1) is 0 Å². The van der Waals surface area contributed by atoms with E-state index in [-0.39, 0.29) is 11.8 Å². The maximum absolute atomic E-state index is 12.9. The first-order valence-electron chi connectivity index (χ1n) is 8.18. The monoisotopic (exact) mass is 293 g/mol. The summed E-state index contributed by atoms with van der Waals surface area (Å²) in [5.74, 6) is 0.765. The molecule has 0 aliphatic carbocycles. The summed E-state index contributed by atoms with van der Waals surface area (Å²) in [7, 11) is 0. The molecule has 1 saturated heterocycles. The second-order valence-corrected chi connectivity index (χ2v) is 6.05. The van der Waals surface area contributed by atoms with Crippen molar-refractivity contribution in [2.75, 3.05) is 13.1 Å². The van der Waals surface area contributed by atoms with Crippen LogP contribution in [0.3, 0.4) is 0 Å². The average molecular weight is 293 g/mol. The second-order valence-electron chi connectivity index (χ2n) is 6.05. The number of rotatable bonds is 4. The van der Waals surface area contributed by atoms with Crippen molar-refractivity contribution >= 4 is 5.91 Å². The molecule has 1 aliphatic rings. The van der Waals surface area contributed by atoms with Gasteiger partial charge in [-0.15, -0.1) is 0 Å². The average Bonchev–Trinajstić information content (AvgIpc) is 3.07. The van der Waals surface area contributed by atoms with Gasteiger partial charge in [0.2, 0.25) is 5.91 Å². The van der Waals surface area contributed by atoms with Crippen molar-refractivity contribution in [3.05, 3.63) is 71.8 Å². The van der Waals surface area contributed by atoms with Crippen LogP contribution in [0.5, 0.6) is 0 Å². The fraction of sp³-hybridized carbons (Fsp3) is 0.350. The van der Waals surface area contributed by atoms with E-state index in [9.17, 15) is 4.79 Å². The molecule has 2 unspecified atom stereocenters. The first-order chi connectivity index (χ1) is 10.8. The van der Waals surface area contributed by atoms with Crippen LogP contribution in [0.25, 0.3) is 0 Å². The highest BCUT2D eigenvalue weighted by Crippen LogP contribution is 2.30. The lowest BCUT2D eigenvalue weighted by Gasteiger charge is -2.23. The van der Waals surface area contributed by atoms with Gasteiger partial charge in [-0.1, -0.05) is 67.6 Å². The van der Waals surface area contributed by atoms with E-state index in [1.165, 1.54) is 5.56 Å². The number of hydrogen-bond acceptors (Lipinski definition) is 1. The van der Waals surface area contributed by atoms with Gasteiger partial charge >= 0.3 is 0 Å². The fourth-order valence-corrected chi connectivity index (χ4v) is 3.42. The molecule has 114 valence electrons.